The molecule has 0 aromatic heterocycles. The number of hydrogen-bond donors (Lipinski definition) is 0. The fraction of sp³-hybridized carbons (Fsp3) is 0.200. The Kier molecular flexibility index (Phi) is 4.56. The van der Waals surface area contributed by atoms with Gasteiger partial charge in [-0.3, -0.25) is 0 Å². The van der Waals surface area contributed by atoms with Crippen LogP contribution in [0, 0.1) is 0 Å². The van der Waals surface area contributed by atoms with Crippen molar-refractivity contribution in [3.63, 3.8) is 0 Å². The molecule has 0 aliphatic heterocycles. The Morgan fingerprint density at radius 3 is 2.00 bits per heavy atom. The van der Waals surface area contributed by atoms with Gasteiger partial charge in [-0.05, 0) is 35.4 Å². The van der Waals surface area contributed by atoms with Crippen molar-refractivity contribution in [1.82, 2.24) is 0 Å². The van der Waals surface area contributed by atoms with E-state index >= 15 is 0 Å². The molecule has 19 heavy (non-hydrogen) atoms. The minimum atomic E-state index is -0.302. The van der Waals surface area contributed by atoms with Gasteiger partial charge < -0.3 is 9.47 Å². The quantitative estimate of drug-likeness (QED) is 0.762. The summed E-state index contributed by atoms with van der Waals surface area (Å²) in [6.07, 6.45) is 0. The Morgan fingerprint density at radius 2 is 1.47 bits per heavy atom. The molecule has 1 atom stereocenters. The first-order valence-corrected chi connectivity index (χ1v) is 6.58. The van der Waals surface area contributed by atoms with E-state index in [9.17, 15) is 0 Å². The monoisotopic (exact) mass is 296 g/mol. The summed E-state index contributed by atoms with van der Waals surface area (Å²) in [7, 11) is 3.24. The van der Waals surface area contributed by atoms with Crippen molar-refractivity contribution in [2.75, 3.05) is 14.2 Å². The summed E-state index contributed by atoms with van der Waals surface area (Å²) in [6.45, 7) is 0. The van der Waals surface area contributed by atoms with E-state index in [1.807, 2.05) is 36.4 Å². The van der Waals surface area contributed by atoms with Crippen molar-refractivity contribution in [1.29, 1.82) is 0 Å². The largest absolute Gasteiger partial charge is 0.497 e. The number of alkyl halides is 1. The maximum Gasteiger partial charge on any atom is 0.120 e. The maximum absolute atomic E-state index is 6.46. The summed E-state index contributed by atoms with van der Waals surface area (Å²) < 4.78 is 10.2. The summed E-state index contributed by atoms with van der Waals surface area (Å²) in [4.78, 5) is 0. The normalized spacial score (nSPS) is 12.0. The van der Waals surface area contributed by atoms with Gasteiger partial charge in [0.1, 0.15) is 11.5 Å². The van der Waals surface area contributed by atoms with Gasteiger partial charge in [0.15, 0.2) is 0 Å². The van der Waals surface area contributed by atoms with Gasteiger partial charge >= 0.3 is 0 Å². The smallest absolute Gasteiger partial charge is 0.120 e. The van der Waals surface area contributed by atoms with Crippen LogP contribution < -0.4 is 9.47 Å². The molecule has 0 heterocycles. The molecule has 0 spiro atoms. The molecule has 0 aliphatic rings. The summed E-state index contributed by atoms with van der Waals surface area (Å²) in [5.41, 5.74) is 1.82. The second kappa shape index (κ2) is 6.18. The highest BCUT2D eigenvalue weighted by molar-refractivity contribution is 6.33. The Bertz CT molecular complexity index is 553. The molecule has 0 bridgehead atoms. The van der Waals surface area contributed by atoms with Crippen LogP contribution in [0.25, 0.3) is 0 Å². The zero-order valence-corrected chi connectivity index (χ0v) is 12.2. The molecule has 0 saturated heterocycles. The fourth-order valence-electron chi connectivity index (χ4n) is 1.79. The van der Waals surface area contributed by atoms with Gasteiger partial charge in [-0.2, -0.15) is 0 Å². The first-order chi connectivity index (χ1) is 9.15. The van der Waals surface area contributed by atoms with E-state index in [4.69, 9.17) is 32.7 Å². The number of halogens is 2. The van der Waals surface area contributed by atoms with Gasteiger partial charge in [0, 0.05) is 5.02 Å². The van der Waals surface area contributed by atoms with Crippen LogP contribution in [0.15, 0.2) is 42.5 Å². The predicted octanol–water partition coefficient (Wildman–Crippen LogP) is 4.69. The minimum absolute atomic E-state index is 0.302. The Balaban J connectivity index is 2.29. The number of hydrogen-bond acceptors (Lipinski definition) is 2. The van der Waals surface area contributed by atoms with Crippen LogP contribution >= 0.6 is 23.2 Å². The molecule has 2 aromatic carbocycles. The summed E-state index contributed by atoms with van der Waals surface area (Å²) in [5, 5.41) is 0.291. The average molecular weight is 297 g/mol. The van der Waals surface area contributed by atoms with Crippen molar-refractivity contribution < 1.29 is 9.47 Å². The highest BCUT2D eigenvalue weighted by atomic mass is 35.5. The molecule has 100 valence electrons. The van der Waals surface area contributed by atoms with Crippen molar-refractivity contribution in [3.05, 3.63) is 58.6 Å². The van der Waals surface area contributed by atoms with Gasteiger partial charge in [0.05, 0.1) is 19.6 Å². The SMILES string of the molecule is COc1ccc(C(Cl)c2ccc(OC)cc2Cl)cc1. The number of rotatable bonds is 4. The van der Waals surface area contributed by atoms with Crippen molar-refractivity contribution in [2.24, 2.45) is 0 Å². The number of benzene rings is 2. The van der Waals surface area contributed by atoms with Crippen LogP contribution in [-0.4, -0.2) is 14.2 Å². The Hall–Kier alpha value is -1.38. The molecule has 0 aliphatic carbocycles. The molecule has 1 unspecified atom stereocenters. The molecular formula is C15H14Cl2O2. The standard InChI is InChI=1S/C15H14Cl2O2/c1-18-11-5-3-10(4-6-11)15(17)13-8-7-12(19-2)9-14(13)16/h3-9,15H,1-2H3. The van der Waals surface area contributed by atoms with E-state index in [0.29, 0.717) is 10.8 Å². The third kappa shape index (κ3) is 3.14. The van der Waals surface area contributed by atoms with Gasteiger partial charge in [0.25, 0.3) is 0 Å². The molecule has 0 saturated carbocycles. The van der Waals surface area contributed by atoms with E-state index < -0.39 is 0 Å². The van der Waals surface area contributed by atoms with Crippen molar-refractivity contribution >= 4 is 23.2 Å². The average Bonchev–Trinajstić information content (AvgIpc) is 2.46. The molecule has 2 rings (SSSR count). The van der Waals surface area contributed by atoms with Crippen LogP contribution in [-0.2, 0) is 0 Å². The van der Waals surface area contributed by atoms with Crippen LogP contribution in [0.1, 0.15) is 16.5 Å². The summed E-state index contributed by atoms with van der Waals surface area (Å²) >= 11 is 12.7. The lowest BCUT2D eigenvalue weighted by atomic mass is 10.0. The molecule has 2 aromatic rings. The first-order valence-electron chi connectivity index (χ1n) is 5.77. The van der Waals surface area contributed by atoms with E-state index in [1.54, 1.807) is 20.3 Å². The lowest BCUT2D eigenvalue weighted by molar-refractivity contribution is 0.414. The van der Waals surface area contributed by atoms with E-state index in [1.165, 1.54) is 0 Å². The number of methoxy groups -OCH3 is 2. The summed E-state index contributed by atoms with van der Waals surface area (Å²) in [6, 6.07) is 13.1. The molecular weight excluding hydrogens is 283 g/mol. The predicted molar refractivity (Wildman–Crippen MR) is 78.7 cm³/mol. The second-order valence-electron chi connectivity index (χ2n) is 4.02. The highest BCUT2D eigenvalue weighted by Gasteiger charge is 2.14. The lowest BCUT2D eigenvalue weighted by Gasteiger charge is -2.13. The third-order valence-corrected chi connectivity index (χ3v) is 3.70. The van der Waals surface area contributed by atoms with E-state index in [2.05, 4.69) is 0 Å². The van der Waals surface area contributed by atoms with Gasteiger partial charge in [-0.1, -0.05) is 29.8 Å². The lowest BCUT2D eigenvalue weighted by Crippen LogP contribution is -1.95. The van der Waals surface area contributed by atoms with Gasteiger partial charge in [0.2, 0.25) is 0 Å². The first kappa shape index (κ1) is 14.0. The zero-order chi connectivity index (χ0) is 13.8. The Morgan fingerprint density at radius 1 is 0.895 bits per heavy atom. The van der Waals surface area contributed by atoms with Crippen LogP contribution in [0.4, 0.5) is 0 Å². The zero-order valence-electron chi connectivity index (χ0n) is 10.7. The van der Waals surface area contributed by atoms with Gasteiger partial charge in [-0.15, -0.1) is 11.6 Å². The fourth-order valence-corrected chi connectivity index (χ4v) is 2.46. The molecule has 0 N–H and O–H groups in total. The minimum Gasteiger partial charge on any atom is -0.497 e. The van der Waals surface area contributed by atoms with E-state index in [0.717, 1.165) is 16.9 Å². The van der Waals surface area contributed by atoms with E-state index in [-0.39, 0.29) is 5.38 Å². The van der Waals surface area contributed by atoms with Crippen LogP contribution in [0.3, 0.4) is 0 Å². The molecule has 0 fully saturated rings. The van der Waals surface area contributed by atoms with Crippen molar-refractivity contribution in [3.8, 4) is 11.5 Å². The molecule has 2 nitrogen and oxygen atoms in total. The maximum atomic E-state index is 6.46. The topological polar surface area (TPSA) is 18.5 Å². The van der Waals surface area contributed by atoms with Crippen LogP contribution in [0.2, 0.25) is 5.02 Å². The summed E-state index contributed by atoms with van der Waals surface area (Å²) in [5.74, 6) is 1.51. The highest BCUT2D eigenvalue weighted by Crippen LogP contribution is 2.35. The Labute approximate surface area is 122 Å². The van der Waals surface area contributed by atoms with Crippen LogP contribution in [0.5, 0.6) is 11.5 Å². The van der Waals surface area contributed by atoms with Gasteiger partial charge in [-0.25, -0.2) is 0 Å². The third-order valence-electron chi connectivity index (χ3n) is 2.89. The van der Waals surface area contributed by atoms with Crippen molar-refractivity contribution in [2.45, 2.75) is 5.38 Å². The second-order valence-corrected chi connectivity index (χ2v) is 4.87. The number of ether oxygens (including phenoxy) is 2. The molecule has 0 amide bonds. The molecule has 0 radical (unpaired) electrons. The molecule has 4 heteroatoms.